The molecular formula is C24H20N+. The normalized spacial score (nSPS) is 12.7. The topological polar surface area (TPSA) is 3.88 Å². The second kappa shape index (κ2) is 5.56. The maximum atomic E-state index is 2.51. The number of benzene rings is 3. The molecule has 4 aromatic rings. The molecule has 0 spiro atoms. The number of nitrogens with zero attached hydrogens (tertiary/aromatic N) is 1. The van der Waals surface area contributed by atoms with E-state index in [0.717, 1.165) is 13.0 Å². The zero-order valence-corrected chi connectivity index (χ0v) is 14.4. The number of rotatable bonds is 1. The minimum Gasteiger partial charge on any atom is -0.190 e. The van der Waals surface area contributed by atoms with Gasteiger partial charge in [-0.25, -0.2) is 0 Å². The summed E-state index contributed by atoms with van der Waals surface area (Å²) in [6.07, 6.45) is 1.09. The molecule has 0 aliphatic carbocycles. The van der Waals surface area contributed by atoms with Crippen LogP contribution in [-0.4, -0.2) is 0 Å². The van der Waals surface area contributed by atoms with Gasteiger partial charge in [0.25, 0.3) is 0 Å². The molecule has 0 fully saturated rings. The first-order valence-electron chi connectivity index (χ1n) is 8.92. The second-order valence-corrected chi connectivity index (χ2v) is 6.89. The zero-order valence-electron chi connectivity index (χ0n) is 14.4. The average molecular weight is 322 g/mol. The average Bonchev–Trinajstić information content (AvgIpc) is 2.67. The first-order chi connectivity index (χ1) is 12.3. The predicted molar refractivity (Wildman–Crippen MR) is 103 cm³/mol. The summed E-state index contributed by atoms with van der Waals surface area (Å²) < 4.78 is 2.51. The second-order valence-electron chi connectivity index (χ2n) is 6.89. The fourth-order valence-corrected chi connectivity index (χ4v) is 4.02. The third-order valence-electron chi connectivity index (χ3n) is 5.29. The number of fused-ring (bicyclic) bond motifs is 5. The van der Waals surface area contributed by atoms with Gasteiger partial charge in [0.15, 0.2) is 6.54 Å². The van der Waals surface area contributed by atoms with E-state index in [1.807, 2.05) is 0 Å². The summed E-state index contributed by atoms with van der Waals surface area (Å²) in [5.41, 5.74) is 8.08. The SMILES string of the molecule is Cc1ccc(-c2cc3ccccc3c3[n+]2CCc2ccccc2-3)cc1. The van der Waals surface area contributed by atoms with E-state index in [9.17, 15) is 0 Å². The molecule has 0 saturated carbocycles. The van der Waals surface area contributed by atoms with Crippen LogP contribution >= 0.6 is 0 Å². The van der Waals surface area contributed by atoms with Crippen LogP contribution in [0.1, 0.15) is 11.1 Å². The Bertz CT molecular complexity index is 1090. The van der Waals surface area contributed by atoms with Gasteiger partial charge in [-0.3, -0.25) is 0 Å². The summed E-state index contributed by atoms with van der Waals surface area (Å²) in [5.74, 6) is 0. The van der Waals surface area contributed by atoms with Crippen molar-refractivity contribution in [1.29, 1.82) is 0 Å². The molecule has 2 heterocycles. The Kier molecular flexibility index (Phi) is 3.21. The maximum absolute atomic E-state index is 2.51. The summed E-state index contributed by atoms with van der Waals surface area (Å²) in [4.78, 5) is 0. The number of aryl methyl sites for hydroxylation is 2. The fourth-order valence-electron chi connectivity index (χ4n) is 4.02. The summed E-state index contributed by atoms with van der Waals surface area (Å²) in [5, 5.41) is 2.64. The lowest BCUT2D eigenvalue weighted by Gasteiger charge is -2.19. The molecule has 1 aliphatic rings. The van der Waals surface area contributed by atoms with Gasteiger partial charge in [0.2, 0.25) is 11.4 Å². The van der Waals surface area contributed by atoms with E-state index < -0.39 is 0 Å². The largest absolute Gasteiger partial charge is 0.221 e. The van der Waals surface area contributed by atoms with Gasteiger partial charge in [-0.15, -0.1) is 0 Å². The third kappa shape index (κ3) is 2.27. The first kappa shape index (κ1) is 14.4. The lowest BCUT2D eigenvalue weighted by molar-refractivity contribution is -0.675. The lowest BCUT2D eigenvalue weighted by Crippen LogP contribution is -2.42. The van der Waals surface area contributed by atoms with Crippen LogP contribution in [0.2, 0.25) is 0 Å². The highest BCUT2D eigenvalue weighted by Crippen LogP contribution is 2.34. The minimum atomic E-state index is 1.03. The van der Waals surface area contributed by atoms with Crippen molar-refractivity contribution >= 4 is 10.8 Å². The molecule has 0 radical (unpaired) electrons. The van der Waals surface area contributed by atoms with Crippen LogP contribution in [-0.2, 0) is 13.0 Å². The molecule has 0 saturated heterocycles. The Morgan fingerprint density at radius 1 is 0.800 bits per heavy atom. The van der Waals surface area contributed by atoms with E-state index in [1.54, 1.807) is 0 Å². The molecule has 5 rings (SSSR count). The molecule has 3 aromatic carbocycles. The zero-order chi connectivity index (χ0) is 16.8. The summed E-state index contributed by atoms with van der Waals surface area (Å²) in [6.45, 7) is 3.17. The molecule has 0 unspecified atom stereocenters. The van der Waals surface area contributed by atoms with Crippen molar-refractivity contribution in [1.82, 2.24) is 0 Å². The Morgan fingerprint density at radius 3 is 2.44 bits per heavy atom. The van der Waals surface area contributed by atoms with Crippen LogP contribution in [0.3, 0.4) is 0 Å². The van der Waals surface area contributed by atoms with Crippen molar-refractivity contribution in [2.24, 2.45) is 0 Å². The van der Waals surface area contributed by atoms with Gasteiger partial charge < -0.3 is 0 Å². The molecule has 0 amide bonds. The summed E-state index contributed by atoms with van der Waals surface area (Å²) in [7, 11) is 0. The monoisotopic (exact) mass is 322 g/mol. The Hall–Kier alpha value is -2.93. The quantitative estimate of drug-likeness (QED) is 0.417. The van der Waals surface area contributed by atoms with Crippen molar-refractivity contribution in [2.75, 3.05) is 0 Å². The van der Waals surface area contributed by atoms with Crippen LogP contribution < -0.4 is 4.57 Å². The van der Waals surface area contributed by atoms with E-state index in [4.69, 9.17) is 0 Å². The smallest absolute Gasteiger partial charge is 0.190 e. The van der Waals surface area contributed by atoms with Crippen LogP contribution in [0.4, 0.5) is 0 Å². The summed E-state index contributed by atoms with van der Waals surface area (Å²) in [6, 6.07) is 28.8. The number of pyridine rings is 1. The van der Waals surface area contributed by atoms with Crippen LogP contribution in [0, 0.1) is 6.92 Å². The molecule has 0 bridgehead atoms. The van der Waals surface area contributed by atoms with E-state index in [1.165, 1.54) is 44.4 Å². The summed E-state index contributed by atoms with van der Waals surface area (Å²) >= 11 is 0. The number of hydrogen-bond acceptors (Lipinski definition) is 0. The van der Waals surface area contributed by atoms with Gasteiger partial charge in [-0.1, -0.05) is 54.1 Å². The lowest BCUT2D eigenvalue weighted by atomic mass is 9.92. The molecule has 1 nitrogen and oxygen atoms in total. The molecule has 1 heteroatoms. The molecule has 120 valence electrons. The van der Waals surface area contributed by atoms with Gasteiger partial charge in [0.05, 0.1) is 10.9 Å². The van der Waals surface area contributed by atoms with Crippen molar-refractivity contribution < 1.29 is 4.57 Å². The molecule has 0 atom stereocenters. The van der Waals surface area contributed by atoms with Gasteiger partial charge >= 0.3 is 0 Å². The van der Waals surface area contributed by atoms with Crippen LogP contribution in [0.25, 0.3) is 33.3 Å². The van der Waals surface area contributed by atoms with Crippen LogP contribution in [0.5, 0.6) is 0 Å². The van der Waals surface area contributed by atoms with Gasteiger partial charge in [0, 0.05) is 18.1 Å². The predicted octanol–water partition coefficient (Wildman–Crippen LogP) is 5.33. The highest BCUT2D eigenvalue weighted by molar-refractivity contribution is 5.95. The number of hydrogen-bond donors (Lipinski definition) is 0. The van der Waals surface area contributed by atoms with Crippen molar-refractivity contribution in [2.45, 2.75) is 19.9 Å². The molecular weight excluding hydrogens is 302 g/mol. The van der Waals surface area contributed by atoms with Crippen LogP contribution in [0.15, 0.2) is 78.9 Å². The van der Waals surface area contributed by atoms with E-state index >= 15 is 0 Å². The van der Waals surface area contributed by atoms with Crippen molar-refractivity contribution in [3.63, 3.8) is 0 Å². The van der Waals surface area contributed by atoms with Gasteiger partial charge in [-0.2, -0.15) is 4.57 Å². The van der Waals surface area contributed by atoms with Gasteiger partial charge in [0.1, 0.15) is 0 Å². The van der Waals surface area contributed by atoms with Crippen molar-refractivity contribution in [3.05, 3.63) is 90.0 Å². The highest BCUT2D eigenvalue weighted by Gasteiger charge is 2.28. The van der Waals surface area contributed by atoms with Gasteiger partial charge in [-0.05, 0) is 42.1 Å². The molecule has 1 aromatic heterocycles. The standard InChI is InChI=1S/C24H20N/c1-17-10-12-19(13-11-17)23-16-20-7-3-5-9-22(20)24-21-8-4-2-6-18(21)14-15-25(23)24/h2-13,16H,14-15H2,1H3/q+1. The molecule has 25 heavy (non-hydrogen) atoms. The number of aromatic nitrogens is 1. The highest BCUT2D eigenvalue weighted by atomic mass is 15.0. The van der Waals surface area contributed by atoms with E-state index in [2.05, 4.69) is 90.4 Å². The Balaban J connectivity index is 1.89. The molecule has 0 N–H and O–H groups in total. The Morgan fingerprint density at radius 2 is 1.56 bits per heavy atom. The first-order valence-corrected chi connectivity index (χ1v) is 8.92. The molecule has 1 aliphatic heterocycles. The third-order valence-corrected chi connectivity index (χ3v) is 5.29. The van der Waals surface area contributed by atoms with Crippen molar-refractivity contribution in [3.8, 4) is 22.5 Å². The Labute approximate surface area is 148 Å². The van der Waals surface area contributed by atoms with E-state index in [-0.39, 0.29) is 0 Å². The minimum absolute atomic E-state index is 1.03. The van der Waals surface area contributed by atoms with E-state index in [0.29, 0.717) is 0 Å². The fraction of sp³-hybridized carbons (Fsp3) is 0.125. The maximum Gasteiger partial charge on any atom is 0.221 e.